The van der Waals surface area contributed by atoms with Gasteiger partial charge in [0.1, 0.15) is 18.2 Å². The van der Waals surface area contributed by atoms with E-state index in [1.54, 1.807) is 12.1 Å². The molecule has 0 saturated heterocycles. The van der Waals surface area contributed by atoms with E-state index in [2.05, 4.69) is 5.32 Å². The first-order valence-electron chi connectivity index (χ1n) is 6.00. The van der Waals surface area contributed by atoms with Gasteiger partial charge in [0.2, 0.25) is 0 Å². The van der Waals surface area contributed by atoms with Crippen molar-refractivity contribution < 1.29 is 9.13 Å². The number of nitrogens with one attached hydrogen (secondary N) is 1. The van der Waals surface area contributed by atoms with Crippen LogP contribution in [-0.2, 0) is 13.2 Å². The minimum atomic E-state index is -0.348. The van der Waals surface area contributed by atoms with Crippen LogP contribution in [0.25, 0.3) is 0 Å². The van der Waals surface area contributed by atoms with Crippen LogP contribution in [0.3, 0.4) is 0 Å². The first kappa shape index (κ1) is 13.8. The number of benzene rings is 2. The second kappa shape index (κ2) is 6.55. The van der Waals surface area contributed by atoms with Crippen molar-refractivity contribution in [3.63, 3.8) is 0 Å². The van der Waals surface area contributed by atoms with E-state index in [-0.39, 0.29) is 12.4 Å². The molecule has 0 amide bonds. The lowest BCUT2D eigenvalue weighted by molar-refractivity contribution is 0.299. The van der Waals surface area contributed by atoms with Gasteiger partial charge < -0.3 is 10.1 Å². The van der Waals surface area contributed by atoms with Gasteiger partial charge in [-0.25, -0.2) is 4.39 Å². The van der Waals surface area contributed by atoms with Gasteiger partial charge in [-0.15, -0.1) is 0 Å². The van der Waals surface area contributed by atoms with Gasteiger partial charge in [-0.2, -0.15) is 0 Å². The zero-order valence-electron chi connectivity index (χ0n) is 10.6. The van der Waals surface area contributed by atoms with Crippen LogP contribution < -0.4 is 10.1 Å². The molecule has 0 fully saturated rings. The highest BCUT2D eigenvalue weighted by molar-refractivity contribution is 6.31. The molecule has 1 N–H and O–H groups in total. The molecule has 0 radical (unpaired) electrons. The van der Waals surface area contributed by atoms with Gasteiger partial charge in [0.05, 0.1) is 5.02 Å². The van der Waals surface area contributed by atoms with Crippen LogP contribution in [0.2, 0.25) is 5.02 Å². The Morgan fingerprint density at radius 2 is 2.00 bits per heavy atom. The van der Waals surface area contributed by atoms with E-state index in [0.717, 1.165) is 12.1 Å². The van der Waals surface area contributed by atoms with Gasteiger partial charge in [-0.3, -0.25) is 0 Å². The van der Waals surface area contributed by atoms with Gasteiger partial charge in [-0.1, -0.05) is 29.8 Å². The molecular formula is C15H15ClFNO. The number of hydrogen-bond donors (Lipinski definition) is 1. The molecule has 0 saturated carbocycles. The van der Waals surface area contributed by atoms with Crippen molar-refractivity contribution in [2.75, 3.05) is 7.05 Å². The quantitative estimate of drug-likeness (QED) is 0.899. The van der Waals surface area contributed by atoms with Gasteiger partial charge in [0.15, 0.2) is 0 Å². The fraction of sp³-hybridized carbons (Fsp3) is 0.200. The van der Waals surface area contributed by atoms with Gasteiger partial charge in [-0.05, 0) is 36.9 Å². The second-order valence-electron chi connectivity index (χ2n) is 4.17. The van der Waals surface area contributed by atoms with Crippen molar-refractivity contribution in [1.29, 1.82) is 0 Å². The Hall–Kier alpha value is -1.58. The summed E-state index contributed by atoms with van der Waals surface area (Å²) in [5.41, 5.74) is 1.49. The van der Waals surface area contributed by atoms with Crippen molar-refractivity contribution in [3.8, 4) is 5.75 Å². The first-order chi connectivity index (χ1) is 9.20. The predicted molar refractivity (Wildman–Crippen MR) is 74.9 cm³/mol. The van der Waals surface area contributed by atoms with E-state index in [1.165, 1.54) is 6.07 Å². The van der Waals surface area contributed by atoms with Crippen molar-refractivity contribution in [2.24, 2.45) is 0 Å². The normalized spacial score (nSPS) is 10.5. The monoisotopic (exact) mass is 279 g/mol. The summed E-state index contributed by atoms with van der Waals surface area (Å²) in [6.45, 7) is 0.881. The van der Waals surface area contributed by atoms with Crippen LogP contribution in [0.15, 0.2) is 42.5 Å². The number of halogens is 2. The van der Waals surface area contributed by atoms with E-state index >= 15 is 0 Å². The van der Waals surface area contributed by atoms with Crippen molar-refractivity contribution in [1.82, 2.24) is 5.32 Å². The molecule has 0 unspecified atom stereocenters. The number of ether oxygens (including phenoxy) is 1. The third-order valence-electron chi connectivity index (χ3n) is 2.72. The Labute approximate surface area is 117 Å². The fourth-order valence-corrected chi connectivity index (χ4v) is 1.99. The molecule has 0 atom stereocenters. The maximum atomic E-state index is 13.6. The van der Waals surface area contributed by atoms with Gasteiger partial charge >= 0.3 is 0 Å². The van der Waals surface area contributed by atoms with E-state index < -0.39 is 0 Å². The fourth-order valence-electron chi connectivity index (χ4n) is 1.78. The molecule has 0 aromatic heterocycles. The lowest BCUT2D eigenvalue weighted by atomic mass is 10.2. The zero-order valence-corrected chi connectivity index (χ0v) is 11.4. The van der Waals surface area contributed by atoms with E-state index in [0.29, 0.717) is 16.3 Å². The Morgan fingerprint density at radius 3 is 2.74 bits per heavy atom. The molecule has 2 nitrogen and oxygen atoms in total. The summed E-state index contributed by atoms with van der Waals surface area (Å²) in [6.07, 6.45) is 0. The third kappa shape index (κ3) is 3.69. The molecule has 2 aromatic carbocycles. The lowest BCUT2D eigenvalue weighted by Crippen LogP contribution is -2.05. The summed E-state index contributed by atoms with van der Waals surface area (Å²) >= 11 is 5.95. The maximum Gasteiger partial charge on any atom is 0.131 e. The smallest absolute Gasteiger partial charge is 0.131 e. The summed E-state index contributed by atoms with van der Waals surface area (Å²) in [4.78, 5) is 0. The zero-order chi connectivity index (χ0) is 13.7. The molecule has 0 bridgehead atoms. The van der Waals surface area contributed by atoms with Crippen molar-refractivity contribution in [3.05, 3.63) is 64.4 Å². The molecule has 2 rings (SSSR count). The van der Waals surface area contributed by atoms with E-state index in [9.17, 15) is 4.39 Å². The van der Waals surface area contributed by atoms with Gasteiger partial charge in [0, 0.05) is 12.1 Å². The average molecular weight is 280 g/mol. The predicted octanol–water partition coefficient (Wildman–Crippen LogP) is 3.78. The highest BCUT2D eigenvalue weighted by Gasteiger charge is 2.07. The Bertz CT molecular complexity index is 539. The Balaban J connectivity index is 2.08. The Kier molecular flexibility index (Phi) is 4.77. The summed E-state index contributed by atoms with van der Waals surface area (Å²) < 4.78 is 19.2. The lowest BCUT2D eigenvalue weighted by Gasteiger charge is -2.10. The largest absolute Gasteiger partial charge is 0.489 e. The highest BCUT2D eigenvalue weighted by atomic mass is 35.5. The molecule has 0 spiro atoms. The Morgan fingerprint density at radius 1 is 1.21 bits per heavy atom. The van der Waals surface area contributed by atoms with E-state index in [1.807, 2.05) is 31.3 Å². The van der Waals surface area contributed by atoms with Crippen LogP contribution in [-0.4, -0.2) is 7.05 Å². The minimum absolute atomic E-state index is 0.120. The maximum absolute atomic E-state index is 13.6. The van der Waals surface area contributed by atoms with Crippen LogP contribution in [0.1, 0.15) is 11.1 Å². The topological polar surface area (TPSA) is 21.3 Å². The molecule has 2 aromatic rings. The minimum Gasteiger partial charge on any atom is -0.489 e. The summed E-state index contributed by atoms with van der Waals surface area (Å²) in [7, 11) is 1.88. The third-order valence-corrected chi connectivity index (χ3v) is 3.08. The molecule has 0 heterocycles. The SMILES string of the molecule is CNCc1cccc(OCc2c(F)cccc2Cl)c1. The second-order valence-corrected chi connectivity index (χ2v) is 4.57. The standard InChI is InChI=1S/C15H15ClFNO/c1-18-9-11-4-2-5-12(8-11)19-10-13-14(16)6-3-7-15(13)17/h2-8,18H,9-10H2,1H3. The van der Waals surface area contributed by atoms with Crippen molar-refractivity contribution >= 4 is 11.6 Å². The first-order valence-corrected chi connectivity index (χ1v) is 6.37. The van der Waals surface area contributed by atoms with E-state index in [4.69, 9.17) is 16.3 Å². The van der Waals surface area contributed by atoms with Crippen molar-refractivity contribution in [2.45, 2.75) is 13.2 Å². The summed E-state index contributed by atoms with van der Waals surface area (Å²) in [6, 6.07) is 12.3. The van der Waals surface area contributed by atoms with Crippen LogP contribution in [0.4, 0.5) is 4.39 Å². The molecule has 0 aliphatic rings. The van der Waals surface area contributed by atoms with Crippen LogP contribution in [0.5, 0.6) is 5.75 Å². The summed E-state index contributed by atoms with van der Waals surface area (Å²) in [5, 5.41) is 3.45. The molecule has 100 valence electrons. The molecule has 4 heteroatoms. The molecular weight excluding hydrogens is 265 g/mol. The molecule has 0 aliphatic carbocycles. The number of hydrogen-bond acceptors (Lipinski definition) is 2. The molecule has 0 aliphatic heterocycles. The number of rotatable bonds is 5. The average Bonchev–Trinajstić information content (AvgIpc) is 2.39. The van der Waals surface area contributed by atoms with Gasteiger partial charge in [0.25, 0.3) is 0 Å². The highest BCUT2D eigenvalue weighted by Crippen LogP contribution is 2.21. The molecule has 19 heavy (non-hydrogen) atoms. The van der Waals surface area contributed by atoms with Crippen LogP contribution in [0, 0.1) is 5.82 Å². The summed E-state index contributed by atoms with van der Waals surface area (Å²) in [5.74, 6) is 0.353. The van der Waals surface area contributed by atoms with Crippen LogP contribution >= 0.6 is 11.6 Å².